The highest BCUT2D eigenvalue weighted by atomic mass is 32.2. The molecule has 1 fully saturated rings. The van der Waals surface area contributed by atoms with Crippen LogP contribution in [0.4, 0.5) is 0 Å². The number of hydrogen-bond acceptors (Lipinski definition) is 6. The highest BCUT2D eigenvalue weighted by Gasteiger charge is 2.36. The molecule has 1 saturated heterocycles. The van der Waals surface area contributed by atoms with Crippen molar-refractivity contribution in [3.05, 3.63) is 11.7 Å². The first-order chi connectivity index (χ1) is 10.2. The smallest absolute Gasteiger partial charge is 0.240 e. The molecule has 2 atom stereocenters. The molecular weight excluding hydrogens is 306 g/mol. The molecule has 0 spiro atoms. The molecule has 2 heterocycles. The van der Waals surface area contributed by atoms with Crippen molar-refractivity contribution >= 4 is 15.7 Å². The van der Waals surface area contributed by atoms with Crippen molar-refractivity contribution in [2.75, 3.05) is 13.1 Å². The Labute approximate surface area is 131 Å². The zero-order chi connectivity index (χ0) is 16.5. The van der Waals surface area contributed by atoms with Gasteiger partial charge in [-0.1, -0.05) is 5.16 Å². The molecule has 0 unspecified atom stereocenters. The van der Waals surface area contributed by atoms with E-state index in [1.54, 1.807) is 25.7 Å². The average molecular weight is 329 g/mol. The van der Waals surface area contributed by atoms with Crippen LogP contribution in [0.2, 0.25) is 0 Å². The Balaban J connectivity index is 2.10. The molecule has 1 amide bonds. The third-order valence-corrected chi connectivity index (χ3v) is 6.64. The SMILES string of the molecule is Cc1nc([C@H]2CCCN(C(=O)[C@@H](C)S(=O)(=O)C(C)C)C2)no1. The molecule has 8 heteroatoms. The van der Waals surface area contributed by atoms with Crippen molar-refractivity contribution in [3.63, 3.8) is 0 Å². The lowest BCUT2D eigenvalue weighted by atomic mass is 9.97. The summed E-state index contributed by atoms with van der Waals surface area (Å²) >= 11 is 0. The van der Waals surface area contributed by atoms with Crippen LogP contribution in [-0.4, -0.2) is 53.0 Å². The first-order valence-electron chi connectivity index (χ1n) is 7.55. The van der Waals surface area contributed by atoms with Crippen LogP contribution in [0.1, 0.15) is 51.2 Å². The topological polar surface area (TPSA) is 93.4 Å². The lowest BCUT2D eigenvalue weighted by Gasteiger charge is -2.33. The molecule has 0 N–H and O–H groups in total. The maximum absolute atomic E-state index is 12.5. The Bertz CT molecular complexity index is 638. The molecule has 1 aromatic rings. The normalized spacial score (nSPS) is 21.1. The zero-order valence-electron chi connectivity index (χ0n) is 13.4. The zero-order valence-corrected chi connectivity index (χ0v) is 14.3. The monoisotopic (exact) mass is 329 g/mol. The summed E-state index contributed by atoms with van der Waals surface area (Å²) in [5.41, 5.74) is 0. The maximum atomic E-state index is 12.5. The third-order valence-electron chi connectivity index (χ3n) is 4.14. The number of hydrogen-bond donors (Lipinski definition) is 0. The molecule has 0 aromatic carbocycles. The summed E-state index contributed by atoms with van der Waals surface area (Å²) in [7, 11) is -3.44. The van der Waals surface area contributed by atoms with Crippen LogP contribution in [-0.2, 0) is 14.6 Å². The van der Waals surface area contributed by atoms with Gasteiger partial charge in [0.15, 0.2) is 15.7 Å². The van der Waals surface area contributed by atoms with Crippen molar-refractivity contribution < 1.29 is 17.7 Å². The van der Waals surface area contributed by atoms with E-state index in [0.29, 0.717) is 24.8 Å². The molecule has 0 bridgehead atoms. The summed E-state index contributed by atoms with van der Waals surface area (Å²) in [6.07, 6.45) is 1.67. The van der Waals surface area contributed by atoms with E-state index < -0.39 is 20.3 Å². The van der Waals surface area contributed by atoms with E-state index in [2.05, 4.69) is 10.1 Å². The van der Waals surface area contributed by atoms with E-state index in [-0.39, 0.29) is 11.8 Å². The first kappa shape index (κ1) is 16.9. The van der Waals surface area contributed by atoms with Gasteiger partial charge in [-0.3, -0.25) is 4.79 Å². The molecule has 124 valence electrons. The van der Waals surface area contributed by atoms with Gasteiger partial charge in [-0.2, -0.15) is 4.98 Å². The quantitative estimate of drug-likeness (QED) is 0.826. The summed E-state index contributed by atoms with van der Waals surface area (Å²) in [6, 6.07) is 0. The summed E-state index contributed by atoms with van der Waals surface area (Å²) in [5.74, 6) is 0.756. The number of amides is 1. The van der Waals surface area contributed by atoms with Gasteiger partial charge >= 0.3 is 0 Å². The summed E-state index contributed by atoms with van der Waals surface area (Å²) in [6.45, 7) is 7.40. The first-order valence-corrected chi connectivity index (χ1v) is 9.16. The van der Waals surface area contributed by atoms with Crippen LogP contribution >= 0.6 is 0 Å². The predicted molar refractivity (Wildman–Crippen MR) is 81.1 cm³/mol. The second-order valence-corrected chi connectivity index (χ2v) is 8.90. The average Bonchev–Trinajstić information content (AvgIpc) is 2.92. The van der Waals surface area contributed by atoms with Crippen LogP contribution in [0.15, 0.2) is 4.52 Å². The number of carbonyl (C=O) groups is 1. The van der Waals surface area contributed by atoms with Crippen LogP contribution in [0.5, 0.6) is 0 Å². The minimum atomic E-state index is -3.44. The number of rotatable bonds is 4. The van der Waals surface area contributed by atoms with E-state index in [4.69, 9.17) is 4.52 Å². The molecule has 0 radical (unpaired) electrons. The van der Waals surface area contributed by atoms with Crippen LogP contribution in [0.3, 0.4) is 0 Å². The molecule has 22 heavy (non-hydrogen) atoms. The fraction of sp³-hybridized carbons (Fsp3) is 0.786. The highest BCUT2D eigenvalue weighted by molar-refractivity contribution is 7.93. The molecule has 1 aliphatic heterocycles. The van der Waals surface area contributed by atoms with Gasteiger partial charge in [0.1, 0.15) is 5.25 Å². The molecular formula is C14H23N3O4S. The molecule has 1 aliphatic rings. The van der Waals surface area contributed by atoms with Gasteiger partial charge in [0.05, 0.1) is 5.25 Å². The van der Waals surface area contributed by atoms with E-state index >= 15 is 0 Å². The number of sulfone groups is 1. The lowest BCUT2D eigenvalue weighted by molar-refractivity contribution is -0.131. The van der Waals surface area contributed by atoms with Gasteiger partial charge in [-0.15, -0.1) is 0 Å². The molecule has 0 saturated carbocycles. The van der Waals surface area contributed by atoms with Gasteiger partial charge in [-0.05, 0) is 33.6 Å². The number of nitrogens with zero attached hydrogens (tertiary/aromatic N) is 3. The van der Waals surface area contributed by atoms with Crippen LogP contribution in [0.25, 0.3) is 0 Å². The molecule has 2 rings (SSSR count). The Morgan fingerprint density at radius 3 is 2.59 bits per heavy atom. The van der Waals surface area contributed by atoms with Crippen LogP contribution in [0, 0.1) is 6.92 Å². The van der Waals surface area contributed by atoms with Gasteiger partial charge < -0.3 is 9.42 Å². The summed E-state index contributed by atoms with van der Waals surface area (Å²) in [5, 5.41) is 2.33. The second-order valence-electron chi connectivity index (χ2n) is 6.08. The van der Waals surface area contributed by atoms with Gasteiger partial charge in [0.25, 0.3) is 0 Å². The number of aromatic nitrogens is 2. The number of carbonyl (C=O) groups excluding carboxylic acids is 1. The van der Waals surface area contributed by atoms with Crippen LogP contribution < -0.4 is 0 Å². The third kappa shape index (κ3) is 3.31. The van der Waals surface area contributed by atoms with E-state index in [1.165, 1.54) is 6.92 Å². The second kappa shape index (κ2) is 6.36. The van der Waals surface area contributed by atoms with Crippen molar-refractivity contribution in [2.24, 2.45) is 0 Å². The van der Waals surface area contributed by atoms with Gasteiger partial charge in [0.2, 0.25) is 11.8 Å². The largest absolute Gasteiger partial charge is 0.341 e. The molecule has 7 nitrogen and oxygen atoms in total. The minimum absolute atomic E-state index is 0.00380. The van der Waals surface area contributed by atoms with E-state index in [0.717, 1.165) is 12.8 Å². The van der Waals surface area contributed by atoms with Gasteiger partial charge in [-0.25, -0.2) is 8.42 Å². The van der Waals surface area contributed by atoms with Crippen molar-refractivity contribution in [2.45, 2.75) is 57.0 Å². The number of aryl methyl sites for hydroxylation is 1. The van der Waals surface area contributed by atoms with E-state index in [1.807, 2.05) is 0 Å². The maximum Gasteiger partial charge on any atom is 0.240 e. The standard InChI is InChI=1S/C14H23N3O4S/c1-9(2)22(19,20)10(3)14(18)17-7-5-6-12(8-17)13-15-11(4)21-16-13/h9-10,12H,5-8H2,1-4H3/t10-,12+/m1/s1. The van der Waals surface area contributed by atoms with Gasteiger partial charge in [0, 0.05) is 25.9 Å². The van der Waals surface area contributed by atoms with Crippen molar-refractivity contribution in [1.29, 1.82) is 0 Å². The minimum Gasteiger partial charge on any atom is -0.341 e. The van der Waals surface area contributed by atoms with Crippen molar-refractivity contribution in [3.8, 4) is 0 Å². The Morgan fingerprint density at radius 1 is 1.36 bits per heavy atom. The highest BCUT2D eigenvalue weighted by Crippen LogP contribution is 2.26. The summed E-state index contributed by atoms with van der Waals surface area (Å²) in [4.78, 5) is 18.3. The molecule has 0 aliphatic carbocycles. The lowest BCUT2D eigenvalue weighted by Crippen LogP contribution is -2.47. The number of likely N-dealkylation sites (tertiary alicyclic amines) is 1. The number of piperidine rings is 1. The molecule has 1 aromatic heterocycles. The fourth-order valence-corrected chi connectivity index (χ4v) is 3.92. The predicted octanol–water partition coefficient (Wildman–Crippen LogP) is 1.30. The fourth-order valence-electron chi connectivity index (χ4n) is 2.67. The Hall–Kier alpha value is -1.44. The van der Waals surface area contributed by atoms with Crippen molar-refractivity contribution in [1.82, 2.24) is 15.0 Å². The Morgan fingerprint density at radius 2 is 2.05 bits per heavy atom. The Kier molecular flexibility index (Phi) is 4.89. The van der Waals surface area contributed by atoms with E-state index in [9.17, 15) is 13.2 Å². The summed E-state index contributed by atoms with van der Waals surface area (Å²) < 4.78 is 29.4.